The van der Waals surface area contributed by atoms with Crippen LogP contribution in [0.3, 0.4) is 0 Å². The second-order valence-electron chi connectivity index (χ2n) is 8.30. The van der Waals surface area contributed by atoms with Gasteiger partial charge in [-0.15, -0.1) is 0 Å². The molecule has 4 rings (SSSR count). The van der Waals surface area contributed by atoms with Crippen molar-refractivity contribution in [1.29, 1.82) is 5.26 Å². The molecule has 6 heteroatoms. The summed E-state index contributed by atoms with van der Waals surface area (Å²) in [5.41, 5.74) is 5.34. The van der Waals surface area contributed by atoms with Crippen molar-refractivity contribution in [1.82, 2.24) is 9.97 Å². The van der Waals surface area contributed by atoms with E-state index in [1.165, 1.54) is 5.56 Å². The lowest BCUT2D eigenvalue weighted by Crippen LogP contribution is -2.34. The number of rotatable bonds is 6. The summed E-state index contributed by atoms with van der Waals surface area (Å²) >= 11 is 0. The number of hydrogen-bond donors (Lipinski definition) is 1. The fourth-order valence-electron chi connectivity index (χ4n) is 4.63. The van der Waals surface area contributed by atoms with Crippen LogP contribution in [0.1, 0.15) is 74.0 Å². The van der Waals surface area contributed by atoms with E-state index in [9.17, 15) is 5.26 Å². The molecule has 158 valence electrons. The minimum Gasteiger partial charge on any atom is -0.348 e. The molecule has 0 amide bonds. The molecule has 0 bridgehead atoms. The van der Waals surface area contributed by atoms with E-state index in [4.69, 9.17) is 9.47 Å². The Morgan fingerprint density at radius 1 is 1.27 bits per heavy atom. The zero-order chi connectivity index (χ0) is 21.0. The average molecular weight is 407 g/mol. The van der Waals surface area contributed by atoms with Crippen molar-refractivity contribution in [3.05, 3.63) is 53.1 Å². The molecule has 1 aromatic carbocycles. The Morgan fingerprint density at radius 3 is 2.60 bits per heavy atom. The van der Waals surface area contributed by atoms with Gasteiger partial charge in [0.05, 0.1) is 31.3 Å². The van der Waals surface area contributed by atoms with Gasteiger partial charge >= 0.3 is 0 Å². The molecular weight excluding hydrogens is 376 g/mol. The Kier molecular flexibility index (Phi) is 6.31. The van der Waals surface area contributed by atoms with E-state index >= 15 is 0 Å². The summed E-state index contributed by atoms with van der Waals surface area (Å²) in [7, 11) is 0. The van der Waals surface area contributed by atoms with E-state index in [-0.39, 0.29) is 5.79 Å². The third kappa shape index (κ3) is 4.48. The highest BCUT2D eigenvalue weighted by atomic mass is 16.7. The zero-order valence-corrected chi connectivity index (χ0v) is 17.9. The molecule has 1 N–H and O–H groups in total. The third-order valence-electron chi connectivity index (χ3n) is 6.33. The van der Waals surface area contributed by atoms with Gasteiger partial charge in [0.2, 0.25) is 0 Å². The maximum Gasteiger partial charge on any atom is 0.168 e. The number of aliphatic imine (C=N–C) groups is 1. The van der Waals surface area contributed by atoms with E-state index in [1.54, 1.807) is 6.33 Å². The van der Waals surface area contributed by atoms with Gasteiger partial charge < -0.3 is 14.5 Å². The van der Waals surface area contributed by atoms with Gasteiger partial charge in [0, 0.05) is 30.7 Å². The minimum absolute atomic E-state index is 0.319. The van der Waals surface area contributed by atoms with Gasteiger partial charge in [-0.2, -0.15) is 5.26 Å². The molecule has 2 fully saturated rings. The summed E-state index contributed by atoms with van der Waals surface area (Å²) in [6.07, 6.45) is 7.35. The number of nitrogens with zero attached hydrogens (tertiary/aromatic N) is 3. The molecule has 1 spiro atoms. The number of aryl methyl sites for hydroxylation is 1. The first-order valence-electron chi connectivity index (χ1n) is 10.9. The average Bonchev–Trinajstić information content (AvgIpc) is 3.42. The van der Waals surface area contributed by atoms with Crippen LogP contribution < -0.4 is 0 Å². The van der Waals surface area contributed by atoms with Gasteiger partial charge in [-0.05, 0) is 43.2 Å². The quantitative estimate of drug-likeness (QED) is 0.708. The largest absolute Gasteiger partial charge is 0.348 e. The van der Waals surface area contributed by atoms with Crippen molar-refractivity contribution in [3.8, 4) is 6.07 Å². The number of aromatic amines is 1. The van der Waals surface area contributed by atoms with Crippen LogP contribution in [0.5, 0.6) is 0 Å². The fourth-order valence-corrected chi connectivity index (χ4v) is 4.63. The first-order valence-corrected chi connectivity index (χ1v) is 10.9. The van der Waals surface area contributed by atoms with Crippen molar-refractivity contribution >= 4 is 5.71 Å². The number of hydrogen-bond acceptors (Lipinski definition) is 5. The number of nitriles is 1. The monoisotopic (exact) mass is 406 g/mol. The second-order valence-corrected chi connectivity index (χ2v) is 8.30. The predicted octanol–water partition coefficient (Wildman–Crippen LogP) is 4.64. The Morgan fingerprint density at radius 2 is 1.97 bits per heavy atom. The van der Waals surface area contributed by atoms with Crippen LogP contribution in [-0.4, -0.2) is 34.7 Å². The molecule has 1 aromatic heterocycles. The molecule has 2 aliphatic rings. The lowest BCUT2D eigenvalue weighted by Gasteiger charge is -2.35. The Bertz CT molecular complexity index is 909. The normalized spacial score (nSPS) is 20.4. The van der Waals surface area contributed by atoms with Crippen LogP contribution in [0.4, 0.5) is 0 Å². The number of ether oxygens (including phenoxy) is 2. The molecule has 2 heterocycles. The van der Waals surface area contributed by atoms with Crippen molar-refractivity contribution in [2.45, 2.75) is 70.1 Å². The molecule has 1 unspecified atom stereocenters. The summed E-state index contributed by atoms with van der Waals surface area (Å²) in [4.78, 5) is 12.2. The number of H-pyrrole nitrogens is 1. The van der Waals surface area contributed by atoms with Crippen molar-refractivity contribution in [2.75, 3.05) is 13.2 Å². The molecule has 2 aromatic rings. The van der Waals surface area contributed by atoms with E-state index < -0.39 is 6.04 Å². The molecule has 0 radical (unpaired) electrons. The van der Waals surface area contributed by atoms with Gasteiger partial charge in [0.15, 0.2) is 11.8 Å². The van der Waals surface area contributed by atoms with E-state index in [2.05, 4.69) is 52.2 Å². The smallest absolute Gasteiger partial charge is 0.168 e. The summed E-state index contributed by atoms with van der Waals surface area (Å²) < 4.78 is 11.7. The molecule has 30 heavy (non-hydrogen) atoms. The number of imidazole rings is 1. The van der Waals surface area contributed by atoms with Gasteiger partial charge in [0.1, 0.15) is 0 Å². The van der Waals surface area contributed by atoms with Crippen LogP contribution in [-0.2, 0) is 22.3 Å². The first-order chi connectivity index (χ1) is 14.6. The van der Waals surface area contributed by atoms with Gasteiger partial charge in [-0.25, -0.2) is 4.98 Å². The van der Waals surface area contributed by atoms with Crippen LogP contribution in [0, 0.1) is 11.3 Å². The molecule has 1 aliphatic heterocycles. The van der Waals surface area contributed by atoms with E-state index in [0.29, 0.717) is 12.3 Å². The Balaban J connectivity index is 1.40. The van der Waals surface area contributed by atoms with Crippen LogP contribution in [0.25, 0.3) is 0 Å². The second kappa shape index (κ2) is 9.11. The lowest BCUT2D eigenvalue weighted by atomic mass is 9.80. The summed E-state index contributed by atoms with van der Waals surface area (Å²) in [5.74, 6) is 0.206. The standard InChI is InChI=1S/C24H30N4O2/c1-3-21-22(27-16-26-21)14-17(2)28-23(15-25)20-6-4-18(5-7-20)19-8-10-24(11-9-19)29-12-13-30-24/h4-7,16,19,23H,3,8-14H2,1-2H3,(H,26,27). The third-order valence-corrected chi connectivity index (χ3v) is 6.33. The Hall–Kier alpha value is -2.49. The zero-order valence-electron chi connectivity index (χ0n) is 17.9. The van der Waals surface area contributed by atoms with Crippen LogP contribution in [0.15, 0.2) is 35.6 Å². The highest BCUT2D eigenvalue weighted by Gasteiger charge is 2.40. The molecule has 1 aliphatic carbocycles. The summed E-state index contributed by atoms with van der Waals surface area (Å²) in [6.45, 7) is 5.50. The van der Waals surface area contributed by atoms with Crippen molar-refractivity contribution in [3.63, 3.8) is 0 Å². The SMILES string of the molecule is CCc1nc[nH]c1CC(C)=NC(C#N)c1ccc(C2CCC3(CC2)OCCO3)cc1. The van der Waals surface area contributed by atoms with E-state index in [0.717, 1.165) is 68.0 Å². The van der Waals surface area contributed by atoms with Crippen LogP contribution in [0.2, 0.25) is 0 Å². The maximum absolute atomic E-state index is 9.69. The van der Waals surface area contributed by atoms with E-state index in [1.807, 2.05) is 6.92 Å². The van der Waals surface area contributed by atoms with Gasteiger partial charge in [-0.1, -0.05) is 31.2 Å². The number of benzene rings is 1. The summed E-state index contributed by atoms with van der Waals surface area (Å²) in [5, 5.41) is 9.69. The minimum atomic E-state index is -0.484. The molecule has 1 saturated carbocycles. The van der Waals surface area contributed by atoms with Gasteiger partial charge in [-0.3, -0.25) is 4.99 Å². The molecule has 1 saturated heterocycles. The predicted molar refractivity (Wildman–Crippen MR) is 115 cm³/mol. The number of nitrogens with one attached hydrogen (secondary N) is 1. The van der Waals surface area contributed by atoms with Crippen molar-refractivity contribution < 1.29 is 9.47 Å². The highest BCUT2D eigenvalue weighted by molar-refractivity contribution is 5.84. The first kappa shape index (κ1) is 20.8. The topological polar surface area (TPSA) is 83.3 Å². The highest BCUT2D eigenvalue weighted by Crippen LogP contribution is 2.42. The lowest BCUT2D eigenvalue weighted by molar-refractivity contribution is -0.178. The van der Waals surface area contributed by atoms with Crippen LogP contribution >= 0.6 is 0 Å². The van der Waals surface area contributed by atoms with Gasteiger partial charge in [0.25, 0.3) is 0 Å². The molecular formula is C24H30N4O2. The maximum atomic E-state index is 9.69. The number of aromatic nitrogens is 2. The Labute approximate surface area is 178 Å². The molecule has 1 atom stereocenters. The fraction of sp³-hybridized carbons (Fsp3) is 0.542. The summed E-state index contributed by atoms with van der Waals surface area (Å²) in [6, 6.07) is 10.3. The van der Waals surface area contributed by atoms with Crippen molar-refractivity contribution in [2.24, 2.45) is 4.99 Å². The molecule has 6 nitrogen and oxygen atoms in total.